The minimum absolute atomic E-state index is 0.325. The Hall–Kier alpha value is -0.540. The smallest absolute Gasteiger partial charge is 0.153 e. The first-order chi connectivity index (χ1) is 5.83. The van der Waals surface area contributed by atoms with Gasteiger partial charge < -0.3 is 14.6 Å². The van der Waals surface area contributed by atoms with E-state index < -0.39 is 11.2 Å². The minimum Gasteiger partial charge on any atom is -0.509 e. The number of rotatable bonds is 1. The highest BCUT2D eigenvalue weighted by molar-refractivity contribution is 5.48. The number of hydrogen-bond donors (Lipinski definition) is 1. The molecule has 1 N–H and O–H groups in total. The summed E-state index contributed by atoms with van der Waals surface area (Å²) in [6.07, 6.45) is 0. The van der Waals surface area contributed by atoms with Gasteiger partial charge in [0.1, 0.15) is 17.0 Å². The number of ether oxygens (including phenoxy) is 2. The molecule has 0 radical (unpaired) electrons. The van der Waals surface area contributed by atoms with Gasteiger partial charge >= 0.3 is 0 Å². The van der Waals surface area contributed by atoms with Crippen LogP contribution in [0.3, 0.4) is 0 Å². The molecule has 1 heterocycles. The lowest BCUT2D eigenvalue weighted by Gasteiger charge is -2.29. The van der Waals surface area contributed by atoms with E-state index in [-0.39, 0.29) is 5.60 Å². The summed E-state index contributed by atoms with van der Waals surface area (Å²) in [7, 11) is 1.60. The Morgan fingerprint density at radius 3 is 2.08 bits per heavy atom. The van der Waals surface area contributed by atoms with E-state index in [2.05, 4.69) is 0 Å². The molecule has 3 nitrogen and oxygen atoms in total. The Bertz CT molecular complexity index is 309. The minimum atomic E-state index is -0.689. The zero-order valence-corrected chi connectivity index (χ0v) is 8.76. The maximum absolute atomic E-state index is 9.92. The SMILES string of the molecule is CO[C@@]1(C)C(O)=C(C)[C@]2(C)O[C@@]21C. The fraction of sp³-hybridized carbons (Fsp3) is 0.800. The van der Waals surface area contributed by atoms with Crippen molar-refractivity contribution in [2.45, 2.75) is 44.5 Å². The normalized spacial score (nSPS) is 53.9. The summed E-state index contributed by atoms with van der Waals surface area (Å²) < 4.78 is 11.0. The van der Waals surface area contributed by atoms with E-state index in [0.29, 0.717) is 5.76 Å². The van der Waals surface area contributed by atoms with Gasteiger partial charge in [-0.15, -0.1) is 0 Å². The Morgan fingerprint density at radius 2 is 1.85 bits per heavy atom. The van der Waals surface area contributed by atoms with Crippen molar-refractivity contribution in [3.63, 3.8) is 0 Å². The molecule has 0 bridgehead atoms. The van der Waals surface area contributed by atoms with Crippen molar-refractivity contribution >= 4 is 0 Å². The lowest BCUT2D eigenvalue weighted by molar-refractivity contribution is -0.0494. The van der Waals surface area contributed by atoms with Crippen LogP contribution in [-0.2, 0) is 9.47 Å². The average molecular weight is 184 g/mol. The molecule has 1 saturated heterocycles. The topological polar surface area (TPSA) is 42.0 Å². The van der Waals surface area contributed by atoms with Gasteiger partial charge in [-0.1, -0.05) is 0 Å². The summed E-state index contributed by atoms with van der Waals surface area (Å²) >= 11 is 0. The first-order valence-corrected chi connectivity index (χ1v) is 4.49. The van der Waals surface area contributed by atoms with Crippen molar-refractivity contribution in [1.82, 2.24) is 0 Å². The molecule has 0 saturated carbocycles. The van der Waals surface area contributed by atoms with E-state index in [0.717, 1.165) is 5.57 Å². The lowest BCUT2D eigenvalue weighted by Crippen LogP contribution is -2.43. The predicted molar refractivity (Wildman–Crippen MR) is 48.6 cm³/mol. The van der Waals surface area contributed by atoms with Crippen LogP contribution < -0.4 is 0 Å². The van der Waals surface area contributed by atoms with E-state index >= 15 is 0 Å². The number of fused-ring (bicyclic) bond motifs is 1. The molecule has 0 unspecified atom stereocenters. The van der Waals surface area contributed by atoms with Crippen LogP contribution in [0.4, 0.5) is 0 Å². The first kappa shape index (κ1) is 9.03. The molecule has 74 valence electrons. The van der Waals surface area contributed by atoms with Crippen LogP contribution in [0.5, 0.6) is 0 Å². The molecular weight excluding hydrogens is 168 g/mol. The summed E-state index contributed by atoms with van der Waals surface area (Å²) in [5, 5.41) is 9.92. The molecule has 13 heavy (non-hydrogen) atoms. The largest absolute Gasteiger partial charge is 0.509 e. The highest BCUT2D eigenvalue weighted by atomic mass is 16.7. The third kappa shape index (κ3) is 0.626. The Morgan fingerprint density at radius 1 is 1.31 bits per heavy atom. The van der Waals surface area contributed by atoms with Crippen LogP contribution in [-0.4, -0.2) is 29.0 Å². The van der Waals surface area contributed by atoms with Crippen LogP contribution in [0.2, 0.25) is 0 Å². The van der Waals surface area contributed by atoms with Crippen molar-refractivity contribution in [3.8, 4) is 0 Å². The number of hydrogen-bond acceptors (Lipinski definition) is 3. The molecular formula is C10H16O3. The van der Waals surface area contributed by atoms with E-state index in [4.69, 9.17) is 9.47 Å². The summed E-state index contributed by atoms with van der Waals surface area (Å²) in [5.41, 5.74) is -0.532. The van der Waals surface area contributed by atoms with Gasteiger partial charge in [0.2, 0.25) is 0 Å². The van der Waals surface area contributed by atoms with Crippen LogP contribution >= 0.6 is 0 Å². The zero-order valence-electron chi connectivity index (χ0n) is 8.76. The quantitative estimate of drug-likeness (QED) is 0.632. The van der Waals surface area contributed by atoms with E-state index in [1.54, 1.807) is 7.11 Å². The third-order valence-corrected chi connectivity index (χ3v) is 4.12. The molecule has 1 aliphatic carbocycles. The summed E-state index contributed by atoms with van der Waals surface area (Å²) in [4.78, 5) is 0. The molecule has 3 heteroatoms. The van der Waals surface area contributed by atoms with E-state index in [9.17, 15) is 5.11 Å². The zero-order chi connectivity index (χ0) is 10.1. The first-order valence-electron chi connectivity index (χ1n) is 4.49. The average Bonchev–Trinajstić information content (AvgIpc) is 2.65. The molecule has 2 rings (SSSR count). The van der Waals surface area contributed by atoms with Gasteiger partial charge in [0.15, 0.2) is 5.60 Å². The van der Waals surface area contributed by atoms with Gasteiger partial charge in [-0.25, -0.2) is 0 Å². The number of epoxide rings is 1. The molecule has 0 amide bonds. The van der Waals surface area contributed by atoms with Gasteiger partial charge in [0.25, 0.3) is 0 Å². The van der Waals surface area contributed by atoms with Gasteiger partial charge in [-0.2, -0.15) is 0 Å². The van der Waals surface area contributed by atoms with Crippen molar-refractivity contribution in [2.24, 2.45) is 0 Å². The molecule has 0 aromatic carbocycles. The highest BCUT2D eigenvalue weighted by Gasteiger charge is 2.80. The monoisotopic (exact) mass is 184 g/mol. The van der Waals surface area contributed by atoms with Crippen molar-refractivity contribution in [1.29, 1.82) is 0 Å². The number of methoxy groups -OCH3 is 1. The van der Waals surface area contributed by atoms with Gasteiger partial charge in [-0.3, -0.25) is 0 Å². The standard InChI is InChI=1S/C10H16O3/c1-6-7(11)9(3,12-5)10(4)8(6,2)13-10/h11H,1-5H3/t8-,9-,10-/m0/s1. The Kier molecular flexibility index (Phi) is 1.34. The molecule has 0 aromatic heterocycles. The van der Waals surface area contributed by atoms with Gasteiger partial charge in [0, 0.05) is 12.7 Å². The maximum atomic E-state index is 9.92. The van der Waals surface area contributed by atoms with Gasteiger partial charge in [0.05, 0.1) is 0 Å². The third-order valence-electron chi connectivity index (χ3n) is 4.12. The van der Waals surface area contributed by atoms with Crippen molar-refractivity contribution in [2.75, 3.05) is 7.11 Å². The summed E-state index contributed by atoms with van der Waals surface area (Å²) in [6, 6.07) is 0. The van der Waals surface area contributed by atoms with E-state index in [1.807, 2.05) is 27.7 Å². The van der Waals surface area contributed by atoms with Crippen LogP contribution in [0.15, 0.2) is 11.3 Å². The Labute approximate surface area is 78.3 Å². The number of aliphatic hydroxyl groups is 1. The summed E-state index contributed by atoms with van der Waals surface area (Å²) in [6.45, 7) is 7.72. The second kappa shape index (κ2) is 1.93. The summed E-state index contributed by atoms with van der Waals surface area (Å²) in [5.74, 6) is 0.325. The van der Waals surface area contributed by atoms with Crippen LogP contribution in [0.25, 0.3) is 0 Å². The molecule has 1 fully saturated rings. The molecule has 0 spiro atoms. The highest BCUT2D eigenvalue weighted by Crippen LogP contribution is 2.66. The molecule has 2 aliphatic rings. The van der Waals surface area contributed by atoms with Crippen LogP contribution in [0, 0.1) is 0 Å². The second-order valence-electron chi connectivity index (χ2n) is 4.38. The fourth-order valence-corrected chi connectivity index (χ4v) is 2.47. The lowest BCUT2D eigenvalue weighted by atomic mass is 9.86. The Balaban J connectivity index is 2.55. The molecule has 3 atom stereocenters. The second-order valence-corrected chi connectivity index (χ2v) is 4.38. The van der Waals surface area contributed by atoms with Crippen LogP contribution in [0.1, 0.15) is 27.7 Å². The van der Waals surface area contributed by atoms with E-state index in [1.165, 1.54) is 0 Å². The van der Waals surface area contributed by atoms with Gasteiger partial charge in [-0.05, 0) is 27.7 Å². The molecule has 1 aliphatic heterocycles. The maximum Gasteiger partial charge on any atom is 0.153 e. The fourth-order valence-electron chi connectivity index (χ4n) is 2.47. The molecule has 0 aromatic rings. The van der Waals surface area contributed by atoms with Crippen molar-refractivity contribution in [3.05, 3.63) is 11.3 Å². The predicted octanol–water partition coefficient (Wildman–Crippen LogP) is 1.78. The number of aliphatic hydroxyl groups excluding tert-OH is 1. The van der Waals surface area contributed by atoms with Crippen molar-refractivity contribution < 1.29 is 14.6 Å².